The van der Waals surface area contributed by atoms with Gasteiger partial charge in [0, 0.05) is 10.9 Å². The number of fused-ring (bicyclic) bond motifs is 11. The first-order valence-corrected chi connectivity index (χ1v) is 16.0. The highest BCUT2D eigenvalue weighted by atomic mass is 16.5. The van der Waals surface area contributed by atoms with Crippen molar-refractivity contribution in [2.24, 2.45) is 0 Å². The lowest BCUT2D eigenvalue weighted by Gasteiger charge is -2.40. The highest BCUT2D eigenvalue weighted by molar-refractivity contribution is 6.07. The van der Waals surface area contributed by atoms with Crippen LogP contribution in [0.25, 0.3) is 66.1 Å². The van der Waals surface area contributed by atoms with Crippen LogP contribution < -0.4 is 4.74 Å². The zero-order valence-electron chi connectivity index (χ0n) is 24.9. The number of rotatable bonds is 1. The van der Waals surface area contributed by atoms with Crippen LogP contribution in [-0.4, -0.2) is 0 Å². The van der Waals surface area contributed by atoms with E-state index in [1.807, 2.05) is 0 Å². The molecule has 11 rings (SSSR count). The van der Waals surface area contributed by atoms with Crippen molar-refractivity contribution in [3.05, 3.63) is 180 Å². The lowest BCUT2D eigenvalue weighted by molar-refractivity contribution is 0.487. The van der Waals surface area contributed by atoms with Crippen molar-refractivity contribution < 1.29 is 4.74 Å². The van der Waals surface area contributed by atoms with Crippen LogP contribution in [0.1, 0.15) is 22.3 Å². The summed E-state index contributed by atoms with van der Waals surface area (Å²) >= 11 is 0. The van der Waals surface area contributed by atoms with Gasteiger partial charge in [0.1, 0.15) is 11.5 Å². The summed E-state index contributed by atoms with van der Waals surface area (Å²) in [5.74, 6) is 1.83. The summed E-state index contributed by atoms with van der Waals surface area (Å²) in [5, 5.41) is 5.03. The fourth-order valence-electron chi connectivity index (χ4n) is 8.85. The van der Waals surface area contributed by atoms with E-state index < -0.39 is 5.41 Å². The van der Waals surface area contributed by atoms with Gasteiger partial charge >= 0.3 is 0 Å². The second kappa shape index (κ2) is 8.62. The molecule has 0 N–H and O–H groups in total. The van der Waals surface area contributed by atoms with Crippen LogP contribution in [-0.2, 0) is 5.41 Å². The minimum absolute atomic E-state index is 0.425. The Morgan fingerprint density at radius 2 is 0.848 bits per heavy atom. The second-order valence-electron chi connectivity index (χ2n) is 12.8. The van der Waals surface area contributed by atoms with Crippen LogP contribution >= 0.6 is 0 Å². The Hall–Kier alpha value is -5.92. The Balaban J connectivity index is 1.18. The monoisotopic (exact) mass is 582 g/mol. The fraction of sp³-hybridized carbons (Fsp3) is 0.0222. The third-order valence-electron chi connectivity index (χ3n) is 10.7. The highest BCUT2D eigenvalue weighted by Gasteiger charge is 2.50. The second-order valence-corrected chi connectivity index (χ2v) is 12.8. The molecular formula is C45H26O. The van der Waals surface area contributed by atoms with Crippen molar-refractivity contribution in [3.63, 3.8) is 0 Å². The van der Waals surface area contributed by atoms with Crippen LogP contribution in [0.3, 0.4) is 0 Å². The Morgan fingerprint density at radius 3 is 1.61 bits per heavy atom. The van der Waals surface area contributed by atoms with Crippen molar-refractivity contribution in [1.29, 1.82) is 0 Å². The van der Waals surface area contributed by atoms with E-state index in [9.17, 15) is 0 Å². The predicted octanol–water partition coefficient (Wildman–Crippen LogP) is 11.8. The van der Waals surface area contributed by atoms with Gasteiger partial charge in [-0.2, -0.15) is 0 Å². The molecule has 1 unspecified atom stereocenters. The van der Waals surface area contributed by atoms with Crippen molar-refractivity contribution in [3.8, 4) is 56.0 Å². The first-order valence-electron chi connectivity index (χ1n) is 16.0. The lowest BCUT2D eigenvalue weighted by Crippen LogP contribution is -2.31. The number of ether oxygens (including phenoxy) is 1. The van der Waals surface area contributed by atoms with Crippen LogP contribution in [0.5, 0.6) is 11.5 Å². The molecule has 1 nitrogen and oxygen atoms in total. The maximum Gasteiger partial charge on any atom is 0.135 e. The van der Waals surface area contributed by atoms with Crippen molar-refractivity contribution in [2.45, 2.75) is 5.41 Å². The summed E-state index contributed by atoms with van der Waals surface area (Å²) in [4.78, 5) is 0. The third kappa shape index (κ3) is 2.91. The van der Waals surface area contributed by atoms with Crippen molar-refractivity contribution in [2.75, 3.05) is 0 Å². The minimum atomic E-state index is -0.425. The van der Waals surface area contributed by atoms with E-state index in [1.54, 1.807) is 0 Å². The van der Waals surface area contributed by atoms with Gasteiger partial charge in [-0.3, -0.25) is 0 Å². The smallest absolute Gasteiger partial charge is 0.135 e. The molecule has 1 atom stereocenters. The van der Waals surface area contributed by atoms with E-state index in [0.717, 1.165) is 22.6 Å². The molecule has 8 aromatic rings. The standard InChI is InChI=1S/C45H26O/c1-3-17-37-31(13-1)33-23-21-29(30-22-24-34-36-16-6-10-28-12-8-20-41(44(28)36)46-42(34)26-30)25-40(33)45(37)38-18-4-2-14-32(38)35-15-5-9-27-11-7-19-39(45)43(27)35/h1-26H. The fourth-order valence-corrected chi connectivity index (χ4v) is 8.85. The van der Waals surface area contributed by atoms with E-state index in [2.05, 4.69) is 158 Å². The predicted molar refractivity (Wildman–Crippen MR) is 189 cm³/mol. The van der Waals surface area contributed by atoms with Crippen LogP contribution in [0.15, 0.2) is 158 Å². The average Bonchev–Trinajstić information content (AvgIpc) is 3.41. The van der Waals surface area contributed by atoms with Gasteiger partial charge in [0.2, 0.25) is 0 Å². The topological polar surface area (TPSA) is 9.23 Å². The molecule has 0 aromatic heterocycles. The summed E-state index contributed by atoms with van der Waals surface area (Å²) in [7, 11) is 0. The van der Waals surface area contributed by atoms with E-state index in [0.29, 0.717) is 0 Å². The van der Waals surface area contributed by atoms with Crippen LogP contribution in [0.4, 0.5) is 0 Å². The summed E-state index contributed by atoms with van der Waals surface area (Å²) in [6, 6.07) is 58.3. The molecule has 46 heavy (non-hydrogen) atoms. The molecule has 1 spiro atoms. The molecule has 1 aliphatic heterocycles. The first-order chi connectivity index (χ1) is 22.8. The molecule has 8 aromatic carbocycles. The van der Waals surface area contributed by atoms with Gasteiger partial charge in [-0.15, -0.1) is 0 Å². The van der Waals surface area contributed by atoms with E-state index in [1.165, 1.54) is 77.2 Å². The molecule has 0 saturated heterocycles. The molecule has 0 radical (unpaired) electrons. The average molecular weight is 583 g/mol. The maximum atomic E-state index is 6.59. The van der Waals surface area contributed by atoms with Gasteiger partial charge in [0.05, 0.1) is 5.41 Å². The molecule has 0 saturated carbocycles. The summed E-state index contributed by atoms with van der Waals surface area (Å²) < 4.78 is 6.59. The SMILES string of the molecule is c1ccc2c(c1)-c1ccc(-c3ccc4c(c3)Oc3cccc5cccc-4c35)cc1C21c2ccccc2-c2cccc3cccc1c23. The zero-order valence-corrected chi connectivity index (χ0v) is 24.9. The Morgan fingerprint density at radius 1 is 0.326 bits per heavy atom. The molecule has 1 heterocycles. The molecule has 2 aliphatic carbocycles. The van der Waals surface area contributed by atoms with Gasteiger partial charge in [-0.25, -0.2) is 0 Å². The van der Waals surface area contributed by atoms with E-state index in [4.69, 9.17) is 4.74 Å². The van der Waals surface area contributed by atoms with Gasteiger partial charge in [0.15, 0.2) is 0 Å². The molecule has 212 valence electrons. The van der Waals surface area contributed by atoms with E-state index >= 15 is 0 Å². The molecule has 1 heteroatoms. The van der Waals surface area contributed by atoms with Crippen LogP contribution in [0.2, 0.25) is 0 Å². The largest absolute Gasteiger partial charge is 0.456 e. The van der Waals surface area contributed by atoms with Gasteiger partial charge in [0.25, 0.3) is 0 Å². The quantitative estimate of drug-likeness (QED) is 0.187. The molecule has 0 bridgehead atoms. The molecule has 0 amide bonds. The van der Waals surface area contributed by atoms with Crippen LogP contribution in [0, 0.1) is 0 Å². The Bertz CT molecular complexity index is 2610. The minimum Gasteiger partial charge on any atom is -0.456 e. The van der Waals surface area contributed by atoms with Crippen molar-refractivity contribution in [1.82, 2.24) is 0 Å². The third-order valence-corrected chi connectivity index (χ3v) is 10.7. The van der Waals surface area contributed by atoms with Gasteiger partial charge in [-0.05, 0) is 102 Å². The molecular weight excluding hydrogens is 556 g/mol. The summed E-state index contributed by atoms with van der Waals surface area (Å²) in [6.07, 6.45) is 0. The first kappa shape index (κ1) is 24.4. The molecule has 3 aliphatic rings. The number of hydrogen-bond acceptors (Lipinski definition) is 1. The number of hydrogen-bond donors (Lipinski definition) is 0. The lowest BCUT2D eigenvalue weighted by atomic mass is 9.61. The van der Waals surface area contributed by atoms with Gasteiger partial charge < -0.3 is 4.74 Å². The zero-order chi connectivity index (χ0) is 30.0. The summed E-state index contributed by atoms with van der Waals surface area (Å²) in [6.45, 7) is 0. The summed E-state index contributed by atoms with van der Waals surface area (Å²) in [5.41, 5.74) is 15.0. The Kier molecular flexibility index (Phi) is 4.57. The normalized spacial score (nSPS) is 16.1. The van der Waals surface area contributed by atoms with E-state index in [-0.39, 0.29) is 0 Å². The van der Waals surface area contributed by atoms with Crippen molar-refractivity contribution >= 4 is 21.5 Å². The number of benzene rings is 8. The molecule has 0 fully saturated rings. The maximum absolute atomic E-state index is 6.59. The highest BCUT2D eigenvalue weighted by Crippen LogP contribution is 2.62. The Labute approximate surface area is 267 Å². The van der Waals surface area contributed by atoms with Gasteiger partial charge in [-0.1, -0.05) is 133 Å².